The molecule has 0 aliphatic carbocycles. The van der Waals surface area contributed by atoms with E-state index in [9.17, 15) is 0 Å². The molecular weight excluding hydrogens is 282 g/mol. The second-order valence-electron chi connectivity index (χ2n) is 6.26. The van der Waals surface area contributed by atoms with E-state index in [2.05, 4.69) is 70.9 Å². The standard InChI is InChI=1S/C20H23N3/c21-11-12-23-15-19(18-9-5-2-6-10-18)13-20(16-23)22-14-17-7-3-1-4-8-17/h1-10,19-20,22H,12-16H2. The van der Waals surface area contributed by atoms with Crippen molar-refractivity contribution >= 4 is 0 Å². The first-order chi connectivity index (χ1) is 11.3. The maximum absolute atomic E-state index is 9.06. The lowest BCUT2D eigenvalue weighted by molar-refractivity contribution is 0.188. The fourth-order valence-electron chi connectivity index (χ4n) is 3.39. The molecule has 1 saturated heterocycles. The average molecular weight is 305 g/mol. The summed E-state index contributed by atoms with van der Waals surface area (Å²) in [5.74, 6) is 0.492. The van der Waals surface area contributed by atoms with E-state index in [-0.39, 0.29) is 0 Å². The molecule has 2 aromatic rings. The van der Waals surface area contributed by atoms with Gasteiger partial charge in [-0.25, -0.2) is 0 Å². The Morgan fingerprint density at radius 3 is 2.39 bits per heavy atom. The van der Waals surface area contributed by atoms with Gasteiger partial charge in [-0.05, 0) is 23.5 Å². The van der Waals surface area contributed by atoms with E-state index in [4.69, 9.17) is 5.26 Å². The summed E-state index contributed by atoms with van der Waals surface area (Å²) in [5.41, 5.74) is 2.68. The smallest absolute Gasteiger partial charge is 0.0866 e. The monoisotopic (exact) mass is 305 g/mol. The molecule has 118 valence electrons. The Bertz CT molecular complexity index is 633. The third-order valence-electron chi connectivity index (χ3n) is 4.53. The molecule has 2 unspecified atom stereocenters. The fourth-order valence-corrected chi connectivity index (χ4v) is 3.39. The van der Waals surface area contributed by atoms with Gasteiger partial charge in [-0.15, -0.1) is 0 Å². The fraction of sp³-hybridized carbons (Fsp3) is 0.350. The topological polar surface area (TPSA) is 39.1 Å². The van der Waals surface area contributed by atoms with Crippen molar-refractivity contribution in [2.45, 2.75) is 24.9 Å². The molecule has 23 heavy (non-hydrogen) atoms. The molecule has 0 spiro atoms. The first-order valence-corrected chi connectivity index (χ1v) is 8.26. The summed E-state index contributed by atoms with van der Waals surface area (Å²) in [5, 5.41) is 12.7. The summed E-state index contributed by atoms with van der Waals surface area (Å²) in [6, 6.07) is 23.9. The van der Waals surface area contributed by atoms with Crippen molar-refractivity contribution in [3.63, 3.8) is 0 Å². The van der Waals surface area contributed by atoms with Crippen LogP contribution in [0.15, 0.2) is 60.7 Å². The highest BCUT2D eigenvalue weighted by atomic mass is 15.2. The summed E-state index contributed by atoms with van der Waals surface area (Å²) >= 11 is 0. The minimum absolute atomic E-state index is 0.419. The number of piperidine rings is 1. The van der Waals surface area contributed by atoms with Gasteiger partial charge in [0.1, 0.15) is 0 Å². The first-order valence-electron chi connectivity index (χ1n) is 8.26. The lowest BCUT2D eigenvalue weighted by Crippen LogP contribution is -2.48. The summed E-state index contributed by atoms with van der Waals surface area (Å²) in [6.07, 6.45) is 1.12. The average Bonchev–Trinajstić information content (AvgIpc) is 2.62. The third kappa shape index (κ3) is 4.41. The Balaban J connectivity index is 1.66. The zero-order chi connectivity index (χ0) is 15.9. The molecule has 1 N–H and O–H groups in total. The summed E-state index contributed by atoms with van der Waals surface area (Å²) in [6.45, 7) is 3.31. The van der Waals surface area contributed by atoms with Crippen LogP contribution in [0.2, 0.25) is 0 Å². The van der Waals surface area contributed by atoms with Crippen LogP contribution < -0.4 is 5.32 Å². The van der Waals surface area contributed by atoms with Crippen molar-refractivity contribution in [3.8, 4) is 6.07 Å². The van der Waals surface area contributed by atoms with Crippen LogP contribution in [0.5, 0.6) is 0 Å². The van der Waals surface area contributed by atoms with Crippen LogP contribution in [0.1, 0.15) is 23.5 Å². The van der Waals surface area contributed by atoms with E-state index in [1.54, 1.807) is 0 Å². The molecule has 3 rings (SSSR count). The molecule has 1 aliphatic rings. The van der Waals surface area contributed by atoms with Gasteiger partial charge < -0.3 is 5.32 Å². The van der Waals surface area contributed by atoms with E-state index in [0.717, 1.165) is 26.1 Å². The molecular formula is C20H23N3. The lowest BCUT2D eigenvalue weighted by Gasteiger charge is -2.37. The number of nitriles is 1. The van der Waals surface area contributed by atoms with Crippen molar-refractivity contribution in [1.29, 1.82) is 5.26 Å². The highest BCUT2D eigenvalue weighted by molar-refractivity contribution is 5.21. The van der Waals surface area contributed by atoms with Crippen LogP contribution in [-0.2, 0) is 6.54 Å². The normalized spacial score (nSPS) is 21.7. The second-order valence-corrected chi connectivity index (χ2v) is 6.26. The number of hydrogen-bond acceptors (Lipinski definition) is 3. The summed E-state index contributed by atoms with van der Waals surface area (Å²) in [4.78, 5) is 2.27. The molecule has 3 nitrogen and oxygen atoms in total. The SMILES string of the molecule is N#CCN1CC(NCc2ccccc2)CC(c2ccccc2)C1. The van der Waals surface area contributed by atoms with Crippen molar-refractivity contribution in [3.05, 3.63) is 71.8 Å². The summed E-state index contributed by atoms with van der Waals surface area (Å²) < 4.78 is 0. The first kappa shape index (κ1) is 15.7. The molecule has 0 aromatic heterocycles. The van der Waals surface area contributed by atoms with Crippen molar-refractivity contribution in [1.82, 2.24) is 10.2 Å². The quantitative estimate of drug-likeness (QED) is 0.863. The van der Waals surface area contributed by atoms with Crippen LogP contribution in [0.4, 0.5) is 0 Å². The molecule has 1 heterocycles. The number of benzene rings is 2. The number of hydrogen-bond donors (Lipinski definition) is 1. The predicted molar refractivity (Wildman–Crippen MR) is 92.9 cm³/mol. The Labute approximate surface area is 138 Å². The van der Waals surface area contributed by atoms with Crippen LogP contribution in [0.25, 0.3) is 0 Å². The second kappa shape index (κ2) is 7.92. The number of nitrogens with one attached hydrogen (secondary N) is 1. The zero-order valence-electron chi connectivity index (χ0n) is 13.4. The van der Waals surface area contributed by atoms with Gasteiger partial charge in [0.2, 0.25) is 0 Å². The van der Waals surface area contributed by atoms with Gasteiger partial charge in [-0.3, -0.25) is 4.90 Å². The van der Waals surface area contributed by atoms with Gasteiger partial charge in [-0.2, -0.15) is 5.26 Å². The van der Waals surface area contributed by atoms with Gasteiger partial charge in [0, 0.05) is 25.7 Å². The predicted octanol–water partition coefficient (Wildman–Crippen LogP) is 3.16. The number of nitrogens with zero attached hydrogens (tertiary/aromatic N) is 2. The van der Waals surface area contributed by atoms with Gasteiger partial charge >= 0.3 is 0 Å². The highest BCUT2D eigenvalue weighted by Crippen LogP contribution is 2.27. The zero-order valence-corrected chi connectivity index (χ0v) is 13.4. The van der Waals surface area contributed by atoms with Crippen LogP contribution >= 0.6 is 0 Å². The van der Waals surface area contributed by atoms with E-state index in [1.165, 1.54) is 11.1 Å². The molecule has 0 radical (unpaired) electrons. The molecule has 1 aliphatic heterocycles. The molecule has 0 bridgehead atoms. The van der Waals surface area contributed by atoms with Crippen molar-refractivity contribution in [2.24, 2.45) is 0 Å². The lowest BCUT2D eigenvalue weighted by atomic mass is 9.88. The molecule has 3 heteroatoms. The Morgan fingerprint density at radius 1 is 1.00 bits per heavy atom. The van der Waals surface area contributed by atoms with Gasteiger partial charge in [-0.1, -0.05) is 60.7 Å². The maximum Gasteiger partial charge on any atom is 0.0866 e. The number of likely N-dealkylation sites (tertiary alicyclic amines) is 1. The van der Waals surface area contributed by atoms with Crippen molar-refractivity contribution in [2.75, 3.05) is 19.6 Å². The maximum atomic E-state index is 9.06. The van der Waals surface area contributed by atoms with E-state index < -0.39 is 0 Å². The minimum Gasteiger partial charge on any atom is -0.309 e. The molecule has 0 amide bonds. The van der Waals surface area contributed by atoms with Gasteiger partial charge in [0.15, 0.2) is 0 Å². The van der Waals surface area contributed by atoms with Crippen LogP contribution in [0.3, 0.4) is 0 Å². The Kier molecular flexibility index (Phi) is 5.42. The van der Waals surface area contributed by atoms with E-state index >= 15 is 0 Å². The Morgan fingerprint density at radius 2 is 1.70 bits per heavy atom. The Hall–Kier alpha value is -2.15. The molecule has 2 atom stereocenters. The van der Waals surface area contributed by atoms with Gasteiger partial charge in [0.25, 0.3) is 0 Å². The van der Waals surface area contributed by atoms with Crippen LogP contribution in [0, 0.1) is 11.3 Å². The molecule has 2 aromatic carbocycles. The molecule has 0 saturated carbocycles. The number of rotatable bonds is 5. The molecule has 1 fully saturated rings. The highest BCUT2D eigenvalue weighted by Gasteiger charge is 2.27. The summed E-state index contributed by atoms with van der Waals surface area (Å²) in [7, 11) is 0. The van der Waals surface area contributed by atoms with Gasteiger partial charge in [0.05, 0.1) is 12.6 Å². The largest absolute Gasteiger partial charge is 0.309 e. The van der Waals surface area contributed by atoms with E-state index in [0.29, 0.717) is 18.5 Å². The minimum atomic E-state index is 0.419. The third-order valence-corrected chi connectivity index (χ3v) is 4.53. The van der Waals surface area contributed by atoms with Crippen molar-refractivity contribution < 1.29 is 0 Å². The van der Waals surface area contributed by atoms with E-state index in [1.807, 2.05) is 6.07 Å². The van der Waals surface area contributed by atoms with Crippen LogP contribution in [-0.4, -0.2) is 30.6 Å².